The Morgan fingerprint density at radius 2 is 1.81 bits per heavy atom. The molecule has 0 aromatic heterocycles. The van der Waals surface area contributed by atoms with E-state index in [0.717, 1.165) is 70.2 Å². The van der Waals surface area contributed by atoms with Crippen LogP contribution in [0.15, 0.2) is 29.3 Å². The third kappa shape index (κ3) is 7.81. The Morgan fingerprint density at radius 3 is 2.37 bits per heavy atom. The zero-order valence-corrected chi connectivity index (χ0v) is 18.9. The second-order valence-electron chi connectivity index (χ2n) is 6.81. The van der Waals surface area contributed by atoms with Crippen molar-refractivity contribution in [1.82, 2.24) is 10.2 Å². The van der Waals surface area contributed by atoms with Crippen molar-refractivity contribution in [3.8, 4) is 0 Å². The number of aliphatic hydroxyl groups is 1. The number of hydrogen-bond acceptors (Lipinski definition) is 3. The fourth-order valence-corrected chi connectivity index (χ4v) is 3.39. The Morgan fingerprint density at radius 1 is 1.15 bits per heavy atom. The van der Waals surface area contributed by atoms with Gasteiger partial charge in [0.05, 0.1) is 0 Å². The molecule has 0 spiro atoms. The molecule has 1 aromatic rings. The lowest BCUT2D eigenvalue weighted by atomic mass is 10.0. The molecule has 154 valence electrons. The first-order chi connectivity index (χ1) is 12.7. The van der Waals surface area contributed by atoms with Crippen LogP contribution in [-0.2, 0) is 0 Å². The van der Waals surface area contributed by atoms with Gasteiger partial charge in [0.1, 0.15) is 5.82 Å². The minimum atomic E-state index is -0.196. The van der Waals surface area contributed by atoms with Crippen LogP contribution in [0.4, 0.5) is 10.1 Å². The van der Waals surface area contributed by atoms with Crippen LogP contribution in [0.2, 0.25) is 0 Å². The van der Waals surface area contributed by atoms with Crippen LogP contribution in [0, 0.1) is 11.7 Å². The molecule has 1 atom stereocenters. The fourth-order valence-electron chi connectivity index (χ4n) is 3.39. The van der Waals surface area contributed by atoms with Gasteiger partial charge >= 0.3 is 0 Å². The van der Waals surface area contributed by atoms with Crippen LogP contribution >= 0.6 is 24.0 Å². The Hall–Kier alpha value is -1.09. The number of aliphatic imine (C=N–C) groups is 1. The molecule has 1 aliphatic heterocycles. The van der Waals surface area contributed by atoms with Gasteiger partial charge in [0.15, 0.2) is 5.96 Å². The smallest absolute Gasteiger partial charge is 0.194 e. The van der Waals surface area contributed by atoms with Gasteiger partial charge in [-0.15, -0.1) is 24.0 Å². The van der Waals surface area contributed by atoms with Gasteiger partial charge in [-0.1, -0.05) is 13.3 Å². The monoisotopic (exact) mass is 492 g/mol. The van der Waals surface area contributed by atoms with E-state index in [1.54, 1.807) is 0 Å². The van der Waals surface area contributed by atoms with Crippen LogP contribution in [0.25, 0.3) is 0 Å². The molecule has 7 heteroatoms. The molecular formula is C20H34FIN4O. The Bertz CT molecular complexity index is 541. The summed E-state index contributed by atoms with van der Waals surface area (Å²) in [5.74, 6) is 1.21. The van der Waals surface area contributed by atoms with Crippen molar-refractivity contribution in [2.75, 3.05) is 50.8 Å². The minimum Gasteiger partial charge on any atom is -0.396 e. The summed E-state index contributed by atoms with van der Waals surface area (Å²) in [5, 5.41) is 12.6. The average Bonchev–Trinajstić information content (AvgIpc) is 2.66. The van der Waals surface area contributed by atoms with Crippen molar-refractivity contribution in [2.45, 2.75) is 33.1 Å². The lowest BCUT2D eigenvalue weighted by molar-refractivity contribution is 0.253. The van der Waals surface area contributed by atoms with Gasteiger partial charge in [0, 0.05) is 51.6 Å². The second kappa shape index (κ2) is 13.1. The maximum atomic E-state index is 13.1. The summed E-state index contributed by atoms with van der Waals surface area (Å²) < 4.78 is 13.1. The van der Waals surface area contributed by atoms with Gasteiger partial charge in [-0.3, -0.25) is 4.99 Å². The summed E-state index contributed by atoms with van der Waals surface area (Å²) >= 11 is 0. The van der Waals surface area contributed by atoms with Crippen LogP contribution in [0.3, 0.4) is 0 Å². The van der Waals surface area contributed by atoms with E-state index in [-0.39, 0.29) is 36.4 Å². The van der Waals surface area contributed by atoms with E-state index in [2.05, 4.69) is 29.0 Å². The molecule has 5 nitrogen and oxygen atoms in total. The maximum Gasteiger partial charge on any atom is 0.194 e. The SMILES string of the molecule is CCCC(CCO)CN=C(NCC)N1CCN(c2ccc(F)cc2)CC1.I. The van der Waals surface area contributed by atoms with Gasteiger partial charge < -0.3 is 20.2 Å². The molecule has 1 heterocycles. The topological polar surface area (TPSA) is 51.1 Å². The maximum absolute atomic E-state index is 13.1. The number of aliphatic hydroxyl groups excluding tert-OH is 1. The predicted octanol–water partition coefficient (Wildman–Crippen LogP) is 3.33. The van der Waals surface area contributed by atoms with Crippen molar-refractivity contribution in [3.63, 3.8) is 0 Å². The Labute approximate surface area is 180 Å². The van der Waals surface area contributed by atoms with Crippen LogP contribution < -0.4 is 10.2 Å². The first kappa shape index (κ1) is 23.9. The first-order valence-corrected chi connectivity index (χ1v) is 9.82. The number of guanidine groups is 1. The normalized spacial score (nSPS) is 16.1. The van der Waals surface area contributed by atoms with Crippen molar-refractivity contribution >= 4 is 35.6 Å². The highest BCUT2D eigenvalue weighted by Gasteiger charge is 2.20. The average molecular weight is 492 g/mol. The molecule has 2 N–H and O–H groups in total. The summed E-state index contributed by atoms with van der Waals surface area (Å²) in [6.45, 7) is 9.66. The molecule has 0 radical (unpaired) electrons. The number of rotatable bonds is 8. The number of halogens is 2. The standard InChI is InChI=1S/C20H33FN4O.HI/c1-3-5-17(10-15-26)16-23-20(22-4-2)25-13-11-24(12-14-25)19-8-6-18(21)7-9-19;/h6-9,17,26H,3-5,10-16H2,1-2H3,(H,22,23);1H. The number of anilines is 1. The number of hydrogen-bond donors (Lipinski definition) is 2. The van der Waals surface area contributed by atoms with Crippen LogP contribution in [0.5, 0.6) is 0 Å². The Kier molecular flexibility index (Phi) is 11.7. The molecule has 1 aromatic carbocycles. The Balaban J connectivity index is 0.00000364. The van der Waals surface area contributed by atoms with Crippen LogP contribution in [-0.4, -0.2) is 61.8 Å². The second-order valence-corrected chi connectivity index (χ2v) is 6.81. The predicted molar refractivity (Wildman–Crippen MR) is 122 cm³/mol. The van der Waals surface area contributed by atoms with Crippen molar-refractivity contribution in [1.29, 1.82) is 0 Å². The zero-order valence-electron chi connectivity index (χ0n) is 16.5. The third-order valence-electron chi connectivity index (χ3n) is 4.84. The molecule has 1 saturated heterocycles. The molecule has 0 bridgehead atoms. The van der Waals surface area contributed by atoms with E-state index < -0.39 is 0 Å². The third-order valence-corrected chi connectivity index (χ3v) is 4.84. The summed E-state index contributed by atoms with van der Waals surface area (Å²) in [4.78, 5) is 9.42. The van der Waals surface area contributed by atoms with Crippen molar-refractivity contribution in [3.05, 3.63) is 30.1 Å². The van der Waals surface area contributed by atoms with E-state index in [1.807, 2.05) is 12.1 Å². The molecule has 1 fully saturated rings. The first-order valence-electron chi connectivity index (χ1n) is 9.82. The molecule has 1 aliphatic rings. The number of benzene rings is 1. The van der Waals surface area contributed by atoms with Gasteiger partial charge in [-0.05, 0) is 49.9 Å². The molecule has 1 unspecified atom stereocenters. The van der Waals surface area contributed by atoms with Crippen molar-refractivity contribution in [2.24, 2.45) is 10.9 Å². The lowest BCUT2D eigenvalue weighted by Crippen LogP contribution is -2.52. The summed E-state index contributed by atoms with van der Waals surface area (Å²) in [5.41, 5.74) is 1.07. The van der Waals surface area contributed by atoms with Crippen molar-refractivity contribution < 1.29 is 9.50 Å². The van der Waals surface area contributed by atoms with E-state index in [0.29, 0.717) is 5.92 Å². The molecule has 27 heavy (non-hydrogen) atoms. The van der Waals surface area contributed by atoms with E-state index in [1.165, 1.54) is 12.1 Å². The number of piperazine rings is 1. The summed E-state index contributed by atoms with van der Waals surface area (Å²) in [6.07, 6.45) is 3.03. The summed E-state index contributed by atoms with van der Waals surface area (Å²) in [7, 11) is 0. The van der Waals surface area contributed by atoms with Gasteiger partial charge in [-0.25, -0.2) is 4.39 Å². The van der Waals surface area contributed by atoms with Gasteiger partial charge in [-0.2, -0.15) is 0 Å². The highest BCUT2D eigenvalue weighted by molar-refractivity contribution is 14.0. The fraction of sp³-hybridized carbons (Fsp3) is 0.650. The molecule has 0 amide bonds. The minimum absolute atomic E-state index is 0. The van der Waals surface area contributed by atoms with Gasteiger partial charge in [0.2, 0.25) is 0 Å². The van der Waals surface area contributed by atoms with E-state index in [4.69, 9.17) is 4.99 Å². The van der Waals surface area contributed by atoms with E-state index in [9.17, 15) is 9.50 Å². The molecule has 0 aliphatic carbocycles. The summed E-state index contributed by atoms with van der Waals surface area (Å²) in [6, 6.07) is 6.72. The molecule has 0 saturated carbocycles. The zero-order chi connectivity index (χ0) is 18.8. The molecular weight excluding hydrogens is 458 g/mol. The lowest BCUT2D eigenvalue weighted by Gasteiger charge is -2.37. The highest BCUT2D eigenvalue weighted by atomic mass is 127. The highest BCUT2D eigenvalue weighted by Crippen LogP contribution is 2.17. The van der Waals surface area contributed by atoms with E-state index >= 15 is 0 Å². The number of nitrogens with one attached hydrogen (secondary N) is 1. The van der Waals surface area contributed by atoms with Crippen LogP contribution in [0.1, 0.15) is 33.1 Å². The quantitative estimate of drug-likeness (QED) is 0.332. The molecule has 2 rings (SSSR count). The largest absolute Gasteiger partial charge is 0.396 e. The number of nitrogens with zero attached hydrogens (tertiary/aromatic N) is 3. The van der Waals surface area contributed by atoms with Gasteiger partial charge in [0.25, 0.3) is 0 Å².